The van der Waals surface area contributed by atoms with Gasteiger partial charge in [-0.2, -0.15) is 0 Å². The largest absolute Gasteiger partial charge is 0.344 e. The van der Waals surface area contributed by atoms with E-state index in [-0.39, 0.29) is 23.6 Å². The molecule has 1 N–H and O–H groups in total. The van der Waals surface area contributed by atoms with Gasteiger partial charge in [0.1, 0.15) is 6.54 Å². The second-order valence-corrected chi connectivity index (χ2v) is 6.47. The van der Waals surface area contributed by atoms with E-state index in [0.29, 0.717) is 0 Å². The normalized spacial score (nSPS) is 18.4. The molecular weight excluding hydrogens is 286 g/mol. The van der Waals surface area contributed by atoms with E-state index in [2.05, 4.69) is 10.3 Å². The van der Waals surface area contributed by atoms with Crippen molar-refractivity contribution in [3.8, 4) is 0 Å². The molecule has 1 fully saturated rings. The highest BCUT2D eigenvalue weighted by molar-refractivity contribution is 8.14. The maximum Gasteiger partial charge on any atom is 0.240 e. The quantitative estimate of drug-likeness (QED) is 0.939. The third-order valence-electron chi connectivity index (χ3n) is 3.82. The number of rotatable bonds is 3. The third kappa shape index (κ3) is 2.81. The van der Waals surface area contributed by atoms with E-state index in [0.717, 1.165) is 23.2 Å². The Morgan fingerprint density at radius 2 is 2.19 bits per heavy atom. The van der Waals surface area contributed by atoms with Crippen molar-refractivity contribution in [2.75, 3.05) is 5.75 Å². The highest BCUT2D eigenvalue weighted by Crippen LogP contribution is 2.20. The first-order valence-corrected chi connectivity index (χ1v) is 7.91. The van der Waals surface area contributed by atoms with Gasteiger partial charge in [-0.1, -0.05) is 11.8 Å². The van der Waals surface area contributed by atoms with Crippen molar-refractivity contribution < 1.29 is 9.59 Å². The molecule has 0 saturated carbocycles. The van der Waals surface area contributed by atoms with Gasteiger partial charge in [0, 0.05) is 5.75 Å². The van der Waals surface area contributed by atoms with Gasteiger partial charge in [0.15, 0.2) is 0 Å². The molecule has 0 unspecified atom stereocenters. The minimum Gasteiger partial charge on any atom is -0.344 e. The minimum atomic E-state index is -0.332. The number of aromatic nitrogens is 2. The number of hydrogen-bond donors (Lipinski definition) is 1. The monoisotopic (exact) mass is 303 g/mol. The number of fused-ring (bicyclic) bond motifs is 1. The Balaban J connectivity index is 1.77. The fraction of sp³-hybridized carbons (Fsp3) is 0.400. The number of carbonyl (C=O) groups excluding carboxylic acids is 2. The predicted octanol–water partition coefficient (Wildman–Crippen LogP) is 1.80. The molecule has 0 bridgehead atoms. The van der Waals surface area contributed by atoms with Crippen LogP contribution in [0.25, 0.3) is 11.0 Å². The molecule has 0 aliphatic carbocycles. The Hall–Kier alpha value is -1.82. The molecule has 6 heteroatoms. The van der Waals surface area contributed by atoms with E-state index in [9.17, 15) is 9.59 Å². The minimum absolute atomic E-state index is 0.0605. The number of aryl methyl sites for hydroxylation is 2. The summed E-state index contributed by atoms with van der Waals surface area (Å²) in [4.78, 5) is 28.0. The van der Waals surface area contributed by atoms with Crippen molar-refractivity contribution in [3.05, 3.63) is 29.6 Å². The molecule has 1 atom stereocenters. The van der Waals surface area contributed by atoms with E-state index in [1.165, 1.54) is 22.9 Å². The Bertz CT molecular complexity index is 723. The number of amides is 1. The third-order valence-corrected chi connectivity index (χ3v) is 4.83. The van der Waals surface area contributed by atoms with E-state index in [1.54, 1.807) is 6.33 Å². The summed E-state index contributed by atoms with van der Waals surface area (Å²) in [5.41, 5.74) is 4.19. The van der Waals surface area contributed by atoms with E-state index >= 15 is 0 Å². The lowest BCUT2D eigenvalue weighted by Gasteiger charge is -2.11. The summed E-state index contributed by atoms with van der Waals surface area (Å²) in [6.45, 7) is 4.28. The topological polar surface area (TPSA) is 64.0 Å². The SMILES string of the molecule is Cc1cc2ncn(CC(=O)N[C@H]3CCSC3=O)c2cc1C. The summed E-state index contributed by atoms with van der Waals surface area (Å²) < 4.78 is 1.82. The molecule has 1 saturated heterocycles. The van der Waals surface area contributed by atoms with E-state index in [1.807, 2.05) is 30.5 Å². The molecule has 3 rings (SSSR count). The fourth-order valence-corrected chi connectivity index (χ4v) is 3.39. The van der Waals surface area contributed by atoms with Gasteiger partial charge in [0.2, 0.25) is 11.0 Å². The molecule has 21 heavy (non-hydrogen) atoms. The van der Waals surface area contributed by atoms with Crippen LogP contribution in [-0.2, 0) is 16.1 Å². The summed E-state index contributed by atoms with van der Waals surface area (Å²) in [6.07, 6.45) is 2.40. The first-order valence-electron chi connectivity index (χ1n) is 6.92. The molecular formula is C15H17N3O2S. The second-order valence-electron chi connectivity index (χ2n) is 5.37. The Morgan fingerprint density at radius 1 is 1.43 bits per heavy atom. The molecule has 2 heterocycles. The maximum absolute atomic E-state index is 12.1. The summed E-state index contributed by atoms with van der Waals surface area (Å²) in [5, 5.41) is 2.86. The van der Waals surface area contributed by atoms with Crippen LogP contribution in [0.2, 0.25) is 0 Å². The highest BCUT2D eigenvalue weighted by atomic mass is 32.2. The average molecular weight is 303 g/mol. The summed E-state index contributed by atoms with van der Waals surface area (Å²) in [6, 6.07) is 3.74. The zero-order valence-corrected chi connectivity index (χ0v) is 12.9. The van der Waals surface area contributed by atoms with Crippen LogP contribution in [0.3, 0.4) is 0 Å². The van der Waals surface area contributed by atoms with Gasteiger partial charge in [-0.05, 0) is 43.5 Å². The Kier molecular flexibility index (Phi) is 3.71. The zero-order valence-electron chi connectivity index (χ0n) is 12.0. The zero-order chi connectivity index (χ0) is 15.0. The van der Waals surface area contributed by atoms with Crippen molar-refractivity contribution in [3.63, 3.8) is 0 Å². The summed E-state index contributed by atoms with van der Waals surface area (Å²) in [7, 11) is 0. The molecule has 1 aromatic heterocycles. The highest BCUT2D eigenvalue weighted by Gasteiger charge is 2.26. The number of nitrogens with zero attached hydrogens (tertiary/aromatic N) is 2. The van der Waals surface area contributed by atoms with E-state index in [4.69, 9.17) is 0 Å². The van der Waals surface area contributed by atoms with Crippen LogP contribution in [0.15, 0.2) is 18.5 Å². The molecule has 5 nitrogen and oxygen atoms in total. The fourth-order valence-electron chi connectivity index (χ4n) is 2.46. The van der Waals surface area contributed by atoms with Crippen molar-refractivity contribution in [2.45, 2.75) is 32.9 Å². The number of imidazole rings is 1. The van der Waals surface area contributed by atoms with Crippen molar-refractivity contribution in [2.24, 2.45) is 0 Å². The average Bonchev–Trinajstić information content (AvgIpc) is 2.99. The lowest BCUT2D eigenvalue weighted by atomic mass is 10.1. The molecule has 1 amide bonds. The second kappa shape index (κ2) is 5.52. The number of carbonyl (C=O) groups is 2. The number of thioether (sulfide) groups is 1. The van der Waals surface area contributed by atoms with Crippen LogP contribution in [0.4, 0.5) is 0 Å². The van der Waals surface area contributed by atoms with Crippen LogP contribution in [-0.4, -0.2) is 32.4 Å². The Morgan fingerprint density at radius 3 is 2.90 bits per heavy atom. The molecule has 2 aromatic rings. The number of hydrogen-bond acceptors (Lipinski definition) is 4. The molecule has 1 aliphatic rings. The van der Waals surface area contributed by atoms with Crippen LogP contribution in [0.1, 0.15) is 17.5 Å². The first-order chi connectivity index (χ1) is 10.0. The van der Waals surface area contributed by atoms with Gasteiger partial charge in [0.25, 0.3) is 0 Å². The molecule has 0 spiro atoms. The van der Waals surface area contributed by atoms with Gasteiger partial charge >= 0.3 is 0 Å². The van der Waals surface area contributed by atoms with Crippen molar-refractivity contribution >= 4 is 33.8 Å². The summed E-state index contributed by atoms with van der Waals surface area (Å²) >= 11 is 1.29. The van der Waals surface area contributed by atoms with Crippen LogP contribution in [0.5, 0.6) is 0 Å². The molecule has 0 radical (unpaired) electrons. The van der Waals surface area contributed by atoms with Crippen LogP contribution >= 0.6 is 11.8 Å². The van der Waals surface area contributed by atoms with Gasteiger partial charge in [-0.3, -0.25) is 9.59 Å². The van der Waals surface area contributed by atoms with Gasteiger partial charge in [-0.25, -0.2) is 4.98 Å². The molecule has 110 valence electrons. The number of benzene rings is 1. The van der Waals surface area contributed by atoms with Gasteiger partial charge in [0.05, 0.1) is 23.4 Å². The lowest BCUT2D eigenvalue weighted by molar-refractivity contribution is -0.124. The molecule has 1 aliphatic heterocycles. The predicted molar refractivity (Wildman–Crippen MR) is 83.2 cm³/mol. The maximum atomic E-state index is 12.1. The van der Waals surface area contributed by atoms with Gasteiger partial charge < -0.3 is 9.88 Å². The standard InChI is InChI=1S/C15H17N3O2S/c1-9-5-12-13(6-10(9)2)18(8-16-12)7-14(19)17-11-3-4-21-15(11)20/h5-6,8,11H,3-4,7H2,1-2H3,(H,17,19)/t11-/m0/s1. The van der Waals surface area contributed by atoms with Crippen LogP contribution in [0, 0.1) is 13.8 Å². The molecule has 1 aromatic carbocycles. The van der Waals surface area contributed by atoms with Crippen LogP contribution < -0.4 is 5.32 Å². The first kappa shape index (κ1) is 14.1. The van der Waals surface area contributed by atoms with E-state index < -0.39 is 0 Å². The summed E-state index contributed by atoms with van der Waals surface area (Å²) in [5.74, 6) is 0.643. The van der Waals surface area contributed by atoms with Crippen molar-refractivity contribution in [1.82, 2.24) is 14.9 Å². The lowest BCUT2D eigenvalue weighted by Crippen LogP contribution is -2.38. The van der Waals surface area contributed by atoms with Gasteiger partial charge in [-0.15, -0.1) is 0 Å². The smallest absolute Gasteiger partial charge is 0.240 e. The Labute approximate surface area is 127 Å². The number of nitrogens with one attached hydrogen (secondary N) is 1. The van der Waals surface area contributed by atoms with Crippen molar-refractivity contribution in [1.29, 1.82) is 0 Å².